The second-order valence-electron chi connectivity index (χ2n) is 12.6. The van der Waals surface area contributed by atoms with E-state index >= 15 is 0 Å². The quantitative estimate of drug-likeness (QED) is 0.147. The molecule has 0 bridgehead atoms. The first-order chi connectivity index (χ1) is 23.8. The predicted octanol–water partition coefficient (Wildman–Crippen LogP) is 6.01. The van der Waals surface area contributed by atoms with Gasteiger partial charge in [-0.2, -0.15) is 9.45 Å². The number of carbonyl (C=O) groups is 2. The van der Waals surface area contributed by atoms with Crippen molar-refractivity contribution < 1.29 is 33.8 Å². The number of nitrogens with one attached hydrogen (secondary N) is 1. The van der Waals surface area contributed by atoms with E-state index in [-0.39, 0.29) is 40.3 Å². The summed E-state index contributed by atoms with van der Waals surface area (Å²) in [7, 11) is 0. The number of phenolic OH excluding ortho intramolecular Hbond substituents is 2. The van der Waals surface area contributed by atoms with Gasteiger partial charge in [-0.05, 0) is 68.9 Å². The van der Waals surface area contributed by atoms with Crippen LogP contribution in [-0.4, -0.2) is 75.4 Å². The fourth-order valence-electron chi connectivity index (χ4n) is 6.48. The van der Waals surface area contributed by atoms with Crippen molar-refractivity contribution in [2.75, 3.05) is 26.3 Å². The number of rotatable bonds is 9. The van der Waals surface area contributed by atoms with Crippen LogP contribution in [0.1, 0.15) is 63.9 Å². The van der Waals surface area contributed by atoms with E-state index in [1.54, 1.807) is 12.1 Å². The lowest BCUT2D eigenvalue weighted by Gasteiger charge is -2.36. The molecule has 4 aromatic rings. The Kier molecular flexibility index (Phi) is 10.7. The number of nitrogens with zero attached hydrogens (tertiary/aromatic N) is 3. The second kappa shape index (κ2) is 15.5. The van der Waals surface area contributed by atoms with Crippen LogP contribution in [0.5, 0.6) is 17.2 Å². The normalized spacial score (nSPS) is 18.3. The highest BCUT2D eigenvalue weighted by Crippen LogP contribution is 2.42. The molecule has 10 nitrogen and oxygen atoms in total. The lowest BCUT2D eigenvalue weighted by atomic mass is 9.90. The number of aromatic nitrogens is 1. The maximum absolute atomic E-state index is 15.0. The van der Waals surface area contributed by atoms with Gasteiger partial charge in [0.1, 0.15) is 5.75 Å². The summed E-state index contributed by atoms with van der Waals surface area (Å²) in [5.41, 5.74) is 2.77. The Morgan fingerprint density at radius 2 is 1.78 bits per heavy atom. The predicted molar refractivity (Wildman–Crippen MR) is 182 cm³/mol. The summed E-state index contributed by atoms with van der Waals surface area (Å²) in [6, 6.07) is 20.1. The first-order valence-electron chi connectivity index (χ1n) is 16.7. The van der Waals surface area contributed by atoms with E-state index in [9.17, 15) is 24.2 Å². The van der Waals surface area contributed by atoms with Gasteiger partial charge in [-0.15, -0.1) is 0 Å². The molecule has 0 unspecified atom stereocenters. The van der Waals surface area contributed by atoms with Crippen LogP contribution in [0.3, 0.4) is 0 Å². The van der Waals surface area contributed by atoms with Gasteiger partial charge in [0.05, 0.1) is 23.8 Å². The number of amides is 2. The van der Waals surface area contributed by atoms with E-state index in [1.807, 2.05) is 49.4 Å². The standard InChI is InChI=1S/C38H41FN4O6/c1-25-10-17-33(44)32(23-25)37(46)41-28-12-14-29(15-13-28)43(38(47)31-9-5-18-40-36(31)39)49-35-27(24-42-19-6-21-48-22-20-42)11-16-30(34(35)45)26-7-3-2-4-8-26/h2-5,7-11,16-18,23,28-29,44-45H,6,12-15,19-22,24H2,1H3,(H,41,46). The summed E-state index contributed by atoms with van der Waals surface area (Å²) in [5.74, 6) is -2.12. The molecule has 3 N–H and O–H groups in total. The van der Waals surface area contributed by atoms with Gasteiger partial charge in [-0.1, -0.05) is 54.1 Å². The molecule has 0 atom stereocenters. The molecule has 1 aromatic heterocycles. The van der Waals surface area contributed by atoms with E-state index in [4.69, 9.17) is 9.57 Å². The fraction of sp³-hybridized carbons (Fsp3) is 0.342. The van der Waals surface area contributed by atoms with Crippen LogP contribution in [-0.2, 0) is 11.3 Å². The van der Waals surface area contributed by atoms with Crippen molar-refractivity contribution in [1.82, 2.24) is 20.3 Å². The number of carbonyl (C=O) groups excluding carboxylic acids is 2. The van der Waals surface area contributed by atoms with E-state index < -0.39 is 17.9 Å². The number of aryl methyl sites for hydroxylation is 1. The highest BCUT2D eigenvalue weighted by molar-refractivity contribution is 5.97. The Hall–Kier alpha value is -5.00. The van der Waals surface area contributed by atoms with Gasteiger partial charge in [0.25, 0.3) is 11.8 Å². The van der Waals surface area contributed by atoms with Gasteiger partial charge in [-0.3, -0.25) is 14.5 Å². The Morgan fingerprint density at radius 1 is 0.980 bits per heavy atom. The molecule has 0 radical (unpaired) electrons. The number of halogens is 1. The average molecular weight is 669 g/mol. The Morgan fingerprint density at radius 3 is 2.55 bits per heavy atom. The van der Waals surface area contributed by atoms with E-state index in [1.165, 1.54) is 29.5 Å². The van der Waals surface area contributed by atoms with Gasteiger partial charge >= 0.3 is 0 Å². The topological polar surface area (TPSA) is 124 Å². The minimum Gasteiger partial charge on any atom is -0.507 e. The molecule has 1 aliphatic carbocycles. The van der Waals surface area contributed by atoms with E-state index in [0.29, 0.717) is 63.1 Å². The summed E-state index contributed by atoms with van der Waals surface area (Å²) in [5, 5.41) is 26.2. The minimum atomic E-state index is -0.924. The van der Waals surface area contributed by atoms with E-state index in [0.717, 1.165) is 24.1 Å². The van der Waals surface area contributed by atoms with Crippen LogP contribution in [0.15, 0.2) is 79.0 Å². The molecular formula is C38H41FN4O6. The first kappa shape index (κ1) is 33.9. The third kappa shape index (κ3) is 8.01. The van der Waals surface area contributed by atoms with E-state index in [2.05, 4.69) is 15.2 Å². The van der Waals surface area contributed by atoms with Crippen molar-refractivity contribution in [3.63, 3.8) is 0 Å². The Labute approximate surface area is 285 Å². The lowest BCUT2D eigenvalue weighted by Crippen LogP contribution is -2.48. The van der Waals surface area contributed by atoms with Crippen molar-refractivity contribution in [2.24, 2.45) is 0 Å². The number of phenols is 2. The van der Waals surface area contributed by atoms with Crippen molar-refractivity contribution in [3.8, 4) is 28.4 Å². The molecule has 3 aromatic carbocycles. The molecule has 2 fully saturated rings. The molecule has 6 rings (SSSR count). The molecule has 1 saturated carbocycles. The molecular weight excluding hydrogens is 627 g/mol. The van der Waals surface area contributed by atoms with Crippen LogP contribution in [0, 0.1) is 12.9 Å². The van der Waals surface area contributed by atoms with Crippen molar-refractivity contribution >= 4 is 11.8 Å². The number of hydrogen-bond acceptors (Lipinski definition) is 8. The van der Waals surface area contributed by atoms with Crippen LogP contribution in [0.2, 0.25) is 0 Å². The van der Waals surface area contributed by atoms with Crippen LogP contribution >= 0.6 is 0 Å². The maximum atomic E-state index is 15.0. The van der Waals surface area contributed by atoms with Crippen molar-refractivity contribution in [1.29, 1.82) is 0 Å². The Balaban J connectivity index is 1.30. The summed E-state index contributed by atoms with van der Waals surface area (Å²) in [6.07, 6.45) is 3.99. The van der Waals surface area contributed by atoms with Gasteiger partial charge in [0, 0.05) is 49.6 Å². The molecule has 49 heavy (non-hydrogen) atoms. The number of benzene rings is 3. The Bertz CT molecular complexity index is 1770. The summed E-state index contributed by atoms with van der Waals surface area (Å²) in [4.78, 5) is 39.5. The largest absolute Gasteiger partial charge is 0.507 e. The van der Waals surface area contributed by atoms with Gasteiger partial charge < -0.3 is 25.1 Å². The number of hydrogen-bond donors (Lipinski definition) is 3. The summed E-state index contributed by atoms with van der Waals surface area (Å²) in [6.45, 7) is 5.03. The number of aromatic hydroxyl groups is 2. The number of hydroxylamine groups is 2. The van der Waals surface area contributed by atoms with Gasteiger partial charge in [0.15, 0.2) is 5.75 Å². The highest BCUT2D eigenvalue weighted by atomic mass is 19.1. The zero-order valence-corrected chi connectivity index (χ0v) is 27.5. The van der Waals surface area contributed by atoms with Gasteiger partial charge in [-0.25, -0.2) is 4.98 Å². The zero-order chi connectivity index (χ0) is 34.3. The van der Waals surface area contributed by atoms with Gasteiger partial charge in [0.2, 0.25) is 11.7 Å². The molecule has 1 aliphatic heterocycles. The molecule has 256 valence electrons. The zero-order valence-electron chi connectivity index (χ0n) is 27.5. The average Bonchev–Trinajstić information content (AvgIpc) is 3.39. The smallest absolute Gasteiger partial charge is 0.291 e. The number of ether oxygens (including phenoxy) is 1. The lowest BCUT2D eigenvalue weighted by molar-refractivity contribution is -0.0749. The second-order valence-corrected chi connectivity index (χ2v) is 12.6. The molecule has 1 saturated heterocycles. The van der Waals surface area contributed by atoms with Crippen LogP contribution in [0.4, 0.5) is 4.39 Å². The SMILES string of the molecule is Cc1ccc(O)c(C(=O)NC2CCC(N(Oc3c(CN4CCCOCC4)ccc(-c4ccccc4)c3O)C(=O)c3cccnc3F)CC2)c1. The summed E-state index contributed by atoms with van der Waals surface area (Å²) < 4.78 is 20.6. The first-order valence-corrected chi connectivity index (χ1v) is 16.7. The fourth-order valence-corrected chi connectivity index (χ4v) is 6.48. The molecule has 0 spiro atoms. The number of pyridine rings is 1. The third-order valence-electron chi connectivity index (χ3n) is 9.15. The summed E-state index contributed by atoms with van der Waals surface area (Å²) >= 11 is 0. The van der Waals surface area contributed by atoms with Crippen LogP contribution in [0.25, 0.3) is 11.1 Å². The molecule has 2 aliphatic rings. The molecule has 2 heterocycles. The third-order valence-corrected chi connectivity index (χ3v) is 9.15. The van der Waals surface area contributed by atoms with Crippen molar-refractivity contribution in [3.05, 3.63) is 107 Å². The van der Waals surface area contributed by atoms with Crippen molar-refractivity contribution in [2.45, 2.75) is 57.7 Å². The molecule has 11 heteroatoms. The minimum absolute atomic E-state index is 0.0958. The highest BCUT2D eigenvalue weighted by Gasteiger charge is 2.35. The monoisotopic (exact) mass is 668 g/mol. The molecule has 2 amide bonds. The van der Waals surface area contributed by atoms with Crippen LogP contribution < -0.4 is 10.2 Å². The maximum Gasteiger partial charge on any atom is 0.291 e.